The Bertz CT molecular complexity index is 465. The molecule has 0 aliphatic carbocycles. The second kappa shape index (κ2) is 13.2. The van der Waals surface area contributed by atoms with Crippen molar-refractivity contribution in [1.82, 2.24) is 20.4 Å². The number of hydrogen-bond donors (Lipinski definition) is 2. The molecule has 25 heavy (non-hydrogen) atoms. The smallest absolute Gasteiger partial charge is 0.242 e. The van der Waals surface area contributed by atoms with Gasteiger partial charge in [-0.2, -0.15) is 0 Å². The van der Waals surface area contributed by atoms with E-state index in [1.807, 2.05) is 6.08 Å². The van der Waals surface area contributed by atoms with E-state index in [1.54, 1.807) is 32.1 Å². The summed E-state index contributed by atoms with van der Waals surface area (Å²) in [5.41, 5.74) is 0. The fourth-order valence-corrected chi connectivity index (χ4v) is 2.12. The summed E-state index contributed by atoms with van der Waals surface area (Å²) in [6, 6.07) is -0.418. The van der Waals surface area contributed by atoms with E-state index in [1.165, 1.54) is 4.90 Å². The first-order chi connectivity index (χ1) is 11.9. The standard InChI is InChI=1S/C18H32N4O3/c1-6-8-9-10-12-21(4)17(24)14-22(5)16(23)13-20-18(25)15(19-3)11-7-2/h6-7,15,19H,1-2,8-14H2,3-5H3,(H,20,25). The number of carbonyl (C=O) groups excluding carboxylic acids is 3. The van der Waals surface area contributed by atoms with Crippen LogP contribution in [0, 0.1) is 0 Å². The van der Waals surface area contributed by atoms with E-state index in [-0.39, 0.29) is 30.8 Å². The highest BCUT2D eigenvalue weighted by Gasteiger charge is 2.19. The maximum absolute atomic E-state index is 12.1. The third-order valence-corrected chi connectivity index (χ3v) is 3.86. The molecule has 0 saturated carbocycles. The molecule has 7 heteroatoms. The van der Waals surface area contributed by atoms with Crippen LogP contribution in [-0.2, 0) is 14.4 Å². The van der Waals surface area contributed by atoms with E-state index in [2.05, 4.69) is 23.8 Å². The van der Waals surface area contributed by atoms with Crippen molar-refractivity contribution in [2.45, 2.75) is 31.7 Å². The minimum atomic E-state index is -0.418. The van der Waals surface area contributed by atoms with Gasteiger partial charge in [0.25, 0.3) is 0 Å². The highest BCUT2D eigenvalue weighted by Crippen LogP contribution is 1.99. The van der Waals surface area contributed by atoms with Crippen molar-refractivity contribution >= 4 is 17.7 Å². The van der Waals surface area contributed by atoms with Crippen molar-refractivity contribution in [3.05, 3.63) is 25.3 Å². The SMILES string of the molecule is C=CCCCCN(C)C(=O)CN(C)C(=O)CNC(=O)C(CC=C)NC. The molecule has 3 amide bonds. The van der Waals surface area contributed by atoms with Gasteiger partial charge in [0.05, 0.1) is 19.1 Å². The lowest BCUT2D eigenvalue weighted by molar-refractivity contribution is -0.138. The Morgan fingerprint density at radius 3 is 2.28 bits per heavy atom. The molecule has 1 atom stereocenters. The number of allylic oxidation sites excluding steroid dienone is 1. The van der Waals surface area contributed by atoms with Crippen LogP contribution < -0.4 is 10.6 Å². The lowest BCUT2D eigenvalue weighted by atomic mass is 10.2. The van der Waals surface area contributed by atoms with Crippen LogP contribution in [0.1, 0.15) is 25.7 Å². The van der Waals surface area contributed by atoms with Crippen LogP contribution in [0.15, 0.2) is 25.3 Å². The summed E-state index contributed by atoms with van der Waals surface area (Å²) in [4.78, 5) is 39.0. The Morgan fingerprint density at radius 1 is 1.04 bits per heavy atom. The lowest BCUT2D eigenvalue weighted by Gasteiger charge is -2.22. The maximum atomic E-state index is 12.1. The summed E-state index contributed by atoms with van der Waals surface area (Å²) in [5.74, 6) is -0.703. The molecule has 0 aromatic heterocycles. The van der Waals surface area contributed by atoms with Crippen molar-refractivity contribution in [2.75, 3.05) is 40.8 Å². The van der Waals surface area contributed by atoms with E-state index >= 15 is 0 Å². The number of nitrogens with one attached hydrogen (secondary N) is 2. The molecule has 1 unspecified atom stereocenters. The number of rotatable bonds is 13. The minimum Gasteiger partial charge on any atom is -0.346 e. The molecule has 0 spiro atoms. The van der Waals surface area contributed by atoms with Crippen molar-refractivity contribution in [3.8, 4) is 0 Å². The molecule has 0 heterocycles. The highest BCUT2D eigenvalue weighted by atomic mass is 16.2. The molecule has 0 rings (SSSR count). The first kappa shape index (κ1) is 22.9. The van der Waals surface area contributed by atoms with Gasteiger partial charge in [-0.05, 0) is 32.7 Å². The second-order valence-corrected chi connectivity index (χ2v) is 5.93. The van der Waals surface area contributed by atoms with Crippen LogP contribution in [0.2, 0.25) is 0 Å². The fourth-order valence-electron chi connectivity index (χ4n) is 2.12. The van der Waals surface area contributed by atoms with Gasteiger partial charge < -0.3 is 20.4 Å². The van der Waals surface area contributed by atoms with E-state index in [4.69, 9.17) is 0 Å². The average Bonchev–Trinajstić information content (AvgIpc) is 2.60. The zero-order valence-corrected chi connectivity index (χ0v) is 15.7. The number of hydrogen-bond acceptors (Lipinski definition) is 4. The molecule has 0 aromatic carbocycles. The first-order valence-electron chi connectivity index (χ1n) is 8.52. The van der Waals surface area contributed by atoms with Crippen LogP contribution in [0.4, 0.5) is 0 Å². The summed E-state index contributed by atoms with van der Waals surface area (Å²) < 4.78 is 0. The van der Waals surface area contributed by atoms with Gasteiger partial charge in [-0.3, -0.25) is 14.4 Å². The minimum absolute atomic E-state index is 0.00518. The molecule has 0 aliphatic heterocycles. The Morgan fingerprint density at radius 2 is 1.72 bits per heavy atom. The predicted molar refractivity (Wildman–Crippen MR) is 100.0 cm³/mol. The monoisotopic (exact) mass is 352 g/mol. The molecule has 0 saturated heterocycles. The molecular formula is C18H32N4O3. The summed E-state index contributed by atoms with van der Waals surface area (Å²) in [6.07, 6.45) is 6.78. The Balaban J connectivity index is 4.23. The molecule has 0 aromatic rings. The van der Waals surface area contributed by atoms with Crippen LogP contribution in [0.3, 0.4) is 0 Å². The third kappa shape index (κ3) is 9.66. The van der Waals surface area contributed by atoms with Gasteiger partial charge in [-0.1, -0.05) is 12.2 Å². The molecular weight excluding hydrogens is 320 g/mol. The van der Waals surface area contributed by atoms with Crippen LogP contribution >= 0.6 is 0 Å². The maximum Gasteiger partial charge on any atom is 0.242 e. The molecule has 0 aliphatic rings. The fraction of sp³-hybridized carbons (Fsp3) is 0.611. The zero-order chi connectivity index (χ0) is 19.2. The van der Waals surface area contributed by atoms with Gasteiger partial charge in [-0.25, -0.2) is 0 Å². The summed E-state index contributed by atoms with van der Waals surface area (Å²) >= 11 is 0. The van der Waals surface area contributed by atoms with Crippen LogP contribution in [0.25, 0.3) is 0 Å². The summed E-state index contributed by atoms with van der Waals surface area (Å²) in [6.45, 7) is 7.76. The first-order valence-corrected chi connectivity index (χ1v) is 8.52. The second-order valence-electron chi connectivity index (χ2n) is 5.93. The third-order valence-electron chi connectivity index (χ3n) is 3.86. The van der Waals surface area contributed by atoms with Crippen molar-refractivity contribution in [1.29, 1.82) is 0 Å². The predicted octanol–water partition coefficient (Wildman–Crippen LogP) is 0.540. The molecule has 0 radical (unpaired) electrons. The molecule has 0 fully saturated rings. The molecule has 0 bridgehead atoms. The topological polar surface area (TPSA) is 81.8 Å². The Hall–Kier alpha value is -2.15. The van der Waals surface area contributed by atoms with Gasteiger partial charge in [0.1, 0.15) is 0 Å². The lowest BCUT2D eigenvalue weighted by Crippen LogP contribution is -2.47. The average molecular weight is 352 g/mol. The van der Waals surface area contributed by atoms with Crippen molar-refractivity contribution in [2.24, 2.45) is 0 Å². The van der Waals surface area contributed by atoms with E-state index in [9.17, 15) is 14.4 Å². The largest absolute Gasteiger partial charge is 0.346 e. The summed E-state index contributed by atoms with van der Waals surface area (Å²) in [5, 5.41) is 5.43. The number of unbranched alkanes of at least 4 members (excludes halogenated alkanes) is 2. The highest BCUT2D eigenvalue weighted by molar-refractivity contribution is 5.89. The van der Waals surface area contributed by atoms with E-state index < -0.39 is 6.04 Å². The van der Waals surface area contributed by atoms with Gasteiger partial charge in [-0.15, -0.1) is 13.2 Å². The molecule has 2 N–H and O–H groups in total. The van der Waals surface area contributed by atoms with E-state index in [0.717, 1.165) is 19.3 Å². The Kier molecular flexibility index (Phi) is 12.0. The summed E-state index contributed by atoms with van der Waals surface area (Å²) in [7, 11) is 4.95. The van der Waals surface area contributed by atoms with Gasteiger partial charge >= 0.3 is 0 Å². The molecule has 142 valence electrons. The van der Waals surface area contributed by atoms with Gasteiger partial charge in [0, 0.05) is 20.6 Å². The quantitative estimate of drug-likeness (QED) is 0.374. The number of likely N-dealkylation sites (N-methyl/N-ethyl adjacent to an activating group) is 3. The number of nitrogens with zero attached hydrogens (tertiary/aromatic N) is 2. The number of carbonyl (C=O) groups is 3. The molecule has 7 nitrogen and oxygen atoms in total. The normalized spacial score (nSPS) is 11.3. The number of amides is 3. The van der Waals surface area contributed by atoms with Gasteiger partial charge in [0.15, 0.2) is 0 Å². The van der Waals surface area contributed by atoms with Crippen LogP contribution in [-0.4, -0.2) is 74.3 Å². The Labute approximate surface area is 151 Å². The van der Waals surface area contributed by atoms with E-state index in [0.29, 0.717) is 13.0 Å². The van der Waals surface area contributed by atoms with Crippen molar-refractivity contribution in [3.63, 3.8) is 0 Å². The van der Waals surface area contributed by atoms with Crippen LogP contribution in [0.5, 0.6) is 0 Å². The zero-order valence-electron chi connectivity index (χ0n) is 15.7. The van der Waals surface area contributed by atoms with Crippen molar-refractivity contribution < 1.29 is 14.4 Å². The van der Waals surface area contributed by atoms with Gasteiger partial charge in [0.2, 0.25) is 17.7 Å².